The smallest absolute Gasteiger partial charge is 0.252 e. The number of fused-ring (bicyclic) bond motifs is 10. The van der Waals surface area contributed by atoms with Crippen molar-refractivity contribution in [3.05, 3.63) is 354 Å². The van der Waals surface area contributed by atoms with Crippen LogP contribution in [-0.4, -0.2) is 15.8 Å². The van der Waals surface area contributed by atoms with Gasteiger partial charge in [-0.15, -0.1) is 0 Å². The summed E-state index contributed by atoms with van der Waals surface area (Å²) in [6.45, 7) is 48.0. The lowest BCUT2D eigenvalue weighted by Crippen LogP contribution is -2.61. The molecule has 0 unspecified atom stereocenters. The summed E-state index contributed by atoms with van der Waals surface area (Å²) in [5.41, 5.74) is 35.5. The summed E-state index contributed by atoms with van der Waals surface area (Å²) in [6.07, 6.45) is -1.90. The molecule has 0 saturated heterocycles. The molecular formula is C119H117BN4. The van der Waals surface area contributed by atoms with Crippen molar-refractivity contribution >= 4 is 101 Å². The average Bonchev–Trinajstić information content (AvgIpc) is 0.702. The van der Waals surface area contributed by atoms with Gasteiger partial charge in [0.1, 0.15) is 0 Å². The lowest BCUT2D eigenvalue weighted by molar-refractivity contribution is 0.411. The monoisotopic (exact) mass is 1610 g/mol. The van der Waals surface area contributed by atoms with Crippen LogP contribution < -0.4 is 26.2 Å². The maximum Gasteiger partial charge on any atom is 0.252 e. The molecule has 0 spiro atoms. The highest BCUT2D eigenvalue weighted by Gasteiger charge is 2.46. The highest BCUT2D eigenvalue weighted by Crippen LogP contribution is 2.54. The first-order chi connectivity index (χ1) is 59.6. The molecule has 0 N–H and O–H groups in total. The maximum absolute atomic E-state index is 11.0. The lowest BCUT2D eigenvalue weighted by Gasteiger charge is -2.45. The zero-order valence-corrected chi connectivity index (χ0v) is 76.4. The first kappa shape index (κ1) is 78.8. The predicted octanol–water partition coefficient (Wildman–Crippen LogP) is 31.3. The summed E-state index contributed by atoms with van der Waals surface area (Å²) in [7, 11) is 0. The first-order valence-electron chi connectivity index (χ1n) is 45.7. The standard InChI is InChI=1S/C119H117BN4/c1-113(2,3)74-75-58-110-112-111(59-75)124(103-57-47-87(115(7,8)9)71-95(103)85-62-90(118(16,17)18)69-91(63-85)119(19,20)21)109-73-93(122-106-54-44-82(78-38-30-24-31-39-78)66-98(106)99-67-83(45-55-107(99)122)79-40-32-25-33-41-79)49-51-101(109)120(112)100-50-48-92(121-104-52-42-80(76-34-26-22-27-35-76)64-96(104)97-65-81(43-53-105(97)121)77-36-28-23-29-37-77)72-108(100)123(110)102-56-46-86(114(4,5)6)70-94(102)84-60-88(116(10,11)12)68-89(61-84)117(13,14)15/h22-73H,74H2,1-21H3/i74D2. The molecule has 0 amide bonds. The Kier molecular flexibility index (Phi) is 18.8. The van der Waals surface area contributed by atoms with Crippen molar-refractivity contribution in [2.75, 3.05) is 9.80 Å². The van der Waals surface area contributed by atoms with E-state index in [1.54, 1.807) is 0 Å². The van der Waals surface area contributed by atoms with E-state index in [0.717, 1.165) is 128 Å². The molecule has 0 bridgehead atoms. The van der Waals surface area contributed by atoms with E-state index < -0.39 is 18.5 Å². The molecule has 19 rings (SSSR count). The Morgan fingerprint density at radius 1 is 0.234 bits per heavy atom. The Bertz CT molecular complexity index is 6520. The molecule has 2 aliphatic heterocycles. The summed E-state index contributed by atoms with van der Waals surface area (Å²) >= 11 is 0. The van der Waals surface area contributed by atoms with E-state index in [9.17, 15) is 2.74 Å². The fraction of sp³-hybridized carbons (Fsp3) is 0.244. The third-order valence-electron chi connectivity index (χ3n) is 26.2. The van der Waals surface area contributed by atoms with Gasteiger partial charge in [0.05, 0.1) is 33.4 Å². The van der Waals surface area contributed by atoms with Gasteiger partial charge in [-0.3, -0.25) is 0 Å². The quantitative estimate of drug-likeness (QED) is 0.120. The van der Waals surface area contributed by atoms with E-state index in [0.29, 0.717) is 5.56 Å². The molecule has 124 heavy (non-hydrogen) atoms. The van der Waals surface area contributed by atoms with Crippen LogP contribution in [0.5, 0.6) is 0 Å². The molecule has 4 heterocycles. The fourth-order valence-corrected chi connectivity index (χ4v) is 19.3. The zero-order valence-electron chi connectivity index (χ0n) is 78.4. The van der Waals surface area contributed by atoms with Crippen LogP contribution in [0, 0.1) is 5.41 Å². The molecule has 4 nitrogen and oxygen atoms in total. The van der Waals surface area contributed by atoms with Gasteiger partial charge in [0.2, 0.25) is 0 Å². The van der Waals surface area contributed by atoms with Crippen LogP contribution >= 0.6 is 0 Å². The molecule has 17 aromatic rings. The zero-order chi connectivity index (χ0) is 88.6. The van der Waals surface area contributed by atoms with Gasteiger partial charge < -0.3 is 18.9 Å². The highest BCUT2D eigenvalue weighted by atomic mass is 15.2. The van der Waals surface area contributed by atoms with Gasteiger partial charge in [-0.1, -0.05) is 352 Å². The van der Waals surface area contributed by atoms with Crippen molar-refractivity contribution in [2.24, 2.45) is 5.41 Å². The Balaban J connectivity index is 0.975. The largest absolute Gasteiger partial charge is 0.311 e. The van der Waals surface area contributed by atoms with Crippen LogP contribution in [0.4, 0.5) is 34.1 Å². The topological polar surface area (TPSA) is 16.3 Å². The number of rotatable bonds is 11. The van der Waals surface area contributed by atoms with Crippen LogP contribution in [0.15, 0.2) is 315 Å². The van der Waals surface area contributed by atoms with Crippen molar-refractivity contribution in [2.45, 2.75) is 184 Å². The first-order valence-corrected chi connectivity index (χ1v) is 44.7. The number of benzene rings is 15. The number of hydrogen-bond donors (Lipinski definition) is 0. The molecule has 0 aliphatic carbocycles. The molecule has 5 heteroatoms. The number of aromatic nitrogens is 2. The van der Waals surface area contributed by atoms with Gasteiger partial charge in [-0.2, -0.15) is 0 Å². The molecule has 2 aromatic heterocycles. The summed E-state index contributed by atoms with van der Waals surface area (Å²) in [6, 6.07) is 120. The third kappa shape index (κ3) is 14.7. The van der Waals surface area contributed by atoms with Crippen molar-refractivity contribution in [3.8, 4) is 78.1 Å². The summed E-state index contributed by atoms with van der Waals surface area (Å²) in [4.78, 5) is 5.20. The van der Waals surface area contributed by atoms with Crippen LogP contribution in [-0.2, 0) is 38.9 Å². The van der Waals surface area contributed by atoms with Crippen molar-refractivity contribution in [1.82, 2.24) is 9.13 Å². The maximum atomic E-state index is 11.0. The van der Waals surface area contributed by atoms with Gasteiger partial charge in [-0.25, -0.2) is 0 Å². The van der Waals surface area contributed by atoms with Crippen LogP contribution in [0.25, 0.3) is 122 Å². The Labute approximate surface area is 739 Å². The van der Waals surface area contributed by atoms with Gasteiger partial charge in [0, 0.05) is 69.5 Å². The van der Waals surface area contributed by atoms with Gasteiger partial charge in [0.25, 0.3) is 6.71 Å². The molecule has 2 aliphatic rings. The second kappa shape index (κ2) is 29.7. The highest BCUT2D eigenvalue weighted by molar-refractivity contribution is 7.00. The van der Waals surface area contributed by atoms with Crippen LogP contribution in [0.2, 0.25) is 0 Å². The van der Waals surface area contributed by atoms with Gasteiger partial charge in [-0.05, 0) is 264 Å². The molecule has 0 atom stereocenters. The van der Waals surface area contributed by atoms with E-state index in [1.807, 2.05) is 0 Å². The lowest BCUT2D eigenvalue weighted by atomic mass is 9.33. The Hall–Kier alpha value is -12.4. The molecule has 616 valence electrons. The molecule has 15 aromatic carbocycles. The minimum atomic E-state index is -1.90. The third-order valence-corrected chi connectivity index (χ3v) is 26.2. The van der Waals surface area contributed by atoms with Crippen LogP contribution in [0.1, 0.15) is 187 Å². The Morgan fingerprint density at radius 2 is 0.524 bits per heavy atom. The average molecular weight is 1620 g/mol. The summed E-state index contributed by atoms with van der Waals surface area (Å²) in [5.74, 6) is 0. The normalized spacial score (nSPS) is 13.7. The van der Waals surface area contributed by atoms with E-state index in [1.165, 1.54) is 77.2 Å². The van der Waals surface area contributed by atoms with Crippen molar-refractivity contribution in [1.29, 1.82) is 0 Å². The van der Waals surface area contributed by atoms with E-state index >= 15 is 0 Å². The van der Waals surface area contributed by atoms with E-state index in [2.05, 4.69) is 480 Å². The fourth-order valence-electron chi connectivity index (χ4n) is 19.3. The van der Waals surface area contributed by atoms with Crippen molar-refractivity contribution < 1.29 is 2.74 Å². The number of hydrogen-bond acceptors (Lipinski definition) is 2. The summed E-state index contributed by atoms with van der Waals surface area (Å²) < 4.78 is 27.1. The second-order valence-corrected chi connectivity index (χ2v) is 42.5. The molecular weight excluding hydrogens is 1500 g/mol. The van der Waals surface area contributed by atoms with E-state index in [-0.39, 0.29) is 32.5 Å². The van der Waals surface area contributed by atoms with E-state index in [4.69, 9.17) is 0 Å². The molecule has 0 fully saturated rings. The summed E-state index contributed by atoms with van der Waals surface area (Å²) in [5, 5.41) is 4.66. The van der Waals surface area contributed by atoms with Crippen molar-refractivity contribution in [3.63, 3.8) is 0 Å². The molecule has 0 saturated carbocycles. The second-order valence-electron chi connectivity index (χ2n) is 42.5. The Morgan fingerprint density at radius 3 is 0.798 bits per heavy atom. The minimum Gasteiger partial charge on any atom is -0.311 e. The minimum absolute atomic E-state index is 0.196. The molecule has 0 radical (unpaired) electrons. The van der Waals surface area contributed by atoms with Crippen LogP contribution in [0.3, 0.4) is 0 Å². The van der Waals surface area contributed by atoms with Gasteiger partial charge >= 0.3 is 0 Å². The predicted molar refractivity (Wildman–Crippen MR) is 537 cm³/mol. The number of nitrogens with zero attached hydrogens (tertiary/aromatic N) is 4. The number of anilines is 6. The van der Waals surface area contributed by atoms with Gasteiger partial charge in [0.15, 0.2) is 0 Å². The SMILES string of the molecule is [2H]C([2H])(c1cc2c3c(c1)N(c1ccc(C(C)(C)C)cc1-c1cc(C(C)(C)C)cc(C(C)(C)C)c1)c1cc(-n4c5ccc(-c6ccccc6)cc5c5cc(-c6ccccc6)ccc54)ccc1B3c1ccc(-n3c4ccc(-c5ccccc5)cc4c4cc(-c5ccccc5)ccc43)cc1N2c1ccc(C(C)(C)C)cc1-c1cc(C(C)(C)C)cc(C(C)(C)C)c1)C(C)(C)C.